The summed E-state index contributed by atoms with van der Waals surface area (Å²) in [5, 5.41) is 13.2. The van der Waals surface area contributed by atoms with Crippen LogP contribution in [0.1, 0.15) is 18.4 Å². The molecule has 0 aromatic heterocycles. The molecule has 2 rings (SSSR count). The lowest BCUT2D eigenvalue weighted by atomic mass is 9.95. The molecule has 3 N–H and O–H groups in total. The topological polar surface area (TPSA) is 78.4 Å². The normalized spacial score (nSPS) is 23.8. The summed E-state index contributed by atoms with van der Waals surface area (Å²) in [5.74, 6) is -0.795. The van der Waals surface area contributed by atoms with Crippen molar-refractivity contribution >= 4 is 10.0 Å². The van der Waals surface area contributed by atoms with Gasteiger partial charge in [0.05, 0.1) is 5.60 Å². The van der Waals surface area contributed by atoms with Crippen molar-refractivity contribution in [3.8, 4) is 0 Å². The van der Waals surface area contributed by atoms with E-state index in [2.05, 4.69) is 10.0 Å². The summed E-state index contributed by atoms with van der Waals surface area (Å²) in [7, 11) is -3.96. The van der Waals surface area contributed by atoms with Gasteiger partial charge in [0.15, 0.2) is 0 Å². The summed E-state index contributed by atoms with van der Waals surface area (Å²) in [6, 6.07) is 3.91. The zero-order valence-electron chi connectivity index (χ0n) is 11.3. The van der Waals surface area contributed by atoms with E-state index in [1.807, 2.05) is 0 Å². The molecule has 112 valence electrons. The summed E-state index contributed by atoms with van der Waals surface area (Å²) in [4.78, 5) is -0.384. The molecule has 1 fully saturated rings. The first-order chi connectivity index (χ1) is 9.32. The summed E-state index contributed by atoms with van der Waals surface area (Å²) < 4.78 is 40.1. The summed E-state index contributed by atoms with van der Waals surface area (Å²) in [6.07, 6.45) is 1.29. The molecule has 0 aliphatic carbocycles. The van der Waals surface area contributed by atoms with Crippen LogP contribution in [0.5, 0.6) is 0 Å². The van der Waals surface area contributed by atoms with E-state index in [1.54, 1.807) is 6.92 Å². The van der Waals surface area contributed by atoms with Gasteiger partial charge in [-0.1, -0.05) is 6.07 Å². The molecule has 0 amide bonds. The van der Waals surface area contributed by atoms with Crippen LogP contribution in [0.25, 0.3) is 0 Å². The molecule has 20 heavy (non-hydrogen) atoms. The SMILES string of the molecule is Cc1ccc(F)c(S(=O)(=O)NC[C@@]2(O)CCCNC2)c1. The van der Waals surface area contributed by atoms with E-state index < -0.39 is 21.4 Å². The second kappa shape index (κ2) is 5.77. The van der Waals surface area contributed by atoms with Gasteiger partial charge < -0.3 is 10.4 Å². The number of aliphatic hydroxyl groups is 1. The van der Waals surface area contributed by atoms with Crippen molar-refractivity contribution in [2.24, 2.45) is 0 Å². The molecule has 1 aliphatic rings. The van der Waals surface area contributed by atoms with Crippen LogP contribution in [0.4, 0.5) is 4.39 Å². The van der Waals surface area contributed by atoms with Gasteiger partial charge in [0, 0.05) is 13.1 Å². The van der Waals surface area contributed by atoms with Crippen LogP contribution in [0, 0.1) is 12.7 Å². The molecule has 0 unspecified atom stereocenters. The fraction of sp³-hybridized carbons (Fsp3) is 0.538. The third-order valence-electron chi connectivity index (χ3n) is 3.42. The highest BCUT2D eigenvalue weighted by Gasteiger charge is 2.31. The molecule has 0 radical (unpaired) electrons. The second-order valence-corrected chi connectivity index (χ2v) is 7.00. The fourth-order valence-electron chi connectivity index (χ4n) is 2.23. The van der Waals surface area contributed by atoms with Crippen LogP contribution in [0.15, 0.2) is 23.1 Å². The Labute approximate surface area is 118 Å². The van der Waals surface area contributed by atoms with Gasteiger partial charge in [-0.2, -0.15) is 0 Å². The van der Waals surface area contributed by atoms with Crippen LogP contribution < -0.4 is 10.0 Å². The van der Waals surface area contributed by atoms with Gasteiger partial charge in [0.2, 0.25) is 10.0 Å². The van der Waals surface area contributed by atoms with E-state index >= 15 is 0 Å². The minimum Gasteiger partial charge on any atom is -0.387 e. The quantitative estimate of drug-likeness (QED) is 0.758. The van der Waals surface area contributed by atoms with Gasteiger partial charge in [-0.3, -0.25) is 0 Å². The highest BCUT2D eigenvalue weighted by Crippen LogP contribution is 2.18. The number of benzene rings is 1. The van der Waals surface area contributed by atoms with E-state index in [1.165, 1.54) is 12.1 Å². The van der Waals surface area contributed by atoms with Crippen LogP contribution in [-0.4, -0.2) is 38.8 Å². The maximum atomic E-state index is 13.6. The van der Waals surface area contributed by atoms with E-state index in [0.717, 1.165) is 19.0 Å². The Morgan fingerprint density at radius 2 is 2.25 bits per heavy atom. The zero-order chi connectivity index (χ0) is 14.8. The lowest BCUT2D eigenvalue weighted by Gasteiger charge is -2.32. The van der Waals surface area contributed by atoms with E-state index in [9.17, 15) is 17.9 Å². The van der Waals surface area contributed by atoms with Gasteiger partial charge in [-0.15, -0.1) is 0 Å². The van der Waals surface area contributed by atoms with Crippen LogP contribution in [-0.2, 0) is 10.0 Å². The number of aryl methyl sites for hydroxylation is 1. The Bertz CT molecular complexity index is 583. The summed E-state index contributed by atoms with van der Waals surface area (Å²) in [6.45, 7) is 2.69. The molecular formula is C13H19FN2O3S. The second-order valence-electron chi connectivity index (χ2n) is 5.26. The first-order valence-electron chi connectivity index (χ1n) is 6.51. The fourth-order valence-corrected chi connectivity index (χ4v) is 3.51. The molecule has 1 aliphatic heterocycles. The maximum Gasteiger partial charge on any atom is 0.243 e. The predicted octanol–water partition coefficient (Wildman–Crippen LogP) is 0.527. The lowest BCUT2D eigenvalue weighted by molar-refractivity contribution is 0.0218. The predicted molar refractivity (Wildman–Crippen MR) is 73.4 cm³/mol. The van der Waals surface area contributed by atoms with E-state index in [-0.39, 0.29) is 11.4 Å². The van der Waals surface area contributed by atoms with Crippen LogP contribution >= 0.6 is 0 Å². The Morgan fingerprint density at radius 1 is 1.50 bits per heavy atom. The molecular weight excluding hydrogens is 283 g/mol. The first kappa shape index (κ1) is 15.4. The monoisotopic (exact) mass is 302 g/mol. The number of nitrogens with one attached hydrogen (secondary N) is 2. The number of rotatable bonds is 4. The third kappa shape index (κ3) is 3.54. The van der Waals surface area contributed by atoms with Crippen molar-refractivity contribution in [1.82, 2.24) is 10.0 Å². The molecule has 7 heteroatoms. The van der Waals surface area contributed by atoms with Crippen molar-refractivity contribution in [3.63, 3.8) is 0 Å². The zero-order valence-corrected chi connectivity index (χ0v) is 12.1. The maximum absolute atomic E-state index is 13.6. The molecule has 1 saturated heterocycles. The van der Waals surface area contributed by atoms with Gasteiger partial charge in [0.25, 0.3) is 0 Å². The Kier molecular flexibility index (Phi) is 4.43. The van der Waals surface area contributed by atoms with Crippen molar-refractivity contribution in [2.45, 2.75) is 30.3 Å². The number of halogens is 1. The largest absolute Gasteiger partial charge is 0.387 e. The Hall–Kier alpha value is -1.02. The summed E-state index contributed by atoms with van der Waals surface area (Å²) in [5.41, 5.74) is -0.462. The minimum atomic E-state index is -3.96. The molecule has 0 saturated carbocycles. The highest BCUT2D eigenvalue weighted by atomic mass is 32.2. The standard InChI is InChI=1S/C13H19FN2O3S/c1-10-3-4-11(14)12(7-10)20(18,19)16-9-13(17)5-2-6-15-8-13/h3-4,7,15-17H,2,5-6,8-9H2,1H3/t13-/m1/s1. The molecule has 0 bridgehead atoms. The summed E-state index contributed by atoms with van der Waals surface area (Å²) >= 11 is 0. The van der Waals surface area contributed by atoms with Crippen LogP contribution in [0.3, 0.4) is 0 Å². The average molecular weight is 302 g/mol. The highest BCUT2D eigenvalue weighted by molar-refractivity contribution is 7.89. The lowest BCUT2D eigenvalue weighted by Crippen LogP contribution is -2.52. The molecule has 1 aromatic carbocycles. The van der Waals surface area contributed by atoms with Gasteiger partial charge in [0.1, 0.15) is 10.7 Å². The third-order valence-corrected chi connectivity index (χ3v) is 4.83. The first-order valence-corrected chi connectivity index (χ1v) is 8.00. The molecule has 1 atom stereocenters. The van der Waals surface area contributed by atoms with Crippen molar-refractivity contribution in [3.05, 3.63) is 29.6 Å². The van der Waals surface area contributed by atoms with Gasteiger partial charge in [-0.05, 0) is 44.0 Å². The average Bonchev–Trinajstić information content (AvgIpc) is 2.40. The van der Waals surface area contributed by atoms with Crippen molar-refractivity contribution in [2.75, 3.05) is 19.6 Å². The smallest absolute Gasteiger partial charge is 0.243 e. The molecule has 5 nitrogen and oxygen atoms in total. The number of sulfonamides is 1. The number of β-amino-alcohol motifs (C(OH)–C–C–N with tert-alkyl or cyclic N) is 1. The Balaban J connectivity index is 2.13. The number of piperidine rings is 1. The van der Waals surface area contributed by atoms with Gasteiger partial charge in [-0.25, -0.2) is 17.5 Å². The van der Waals surface area contributed by atoms with E-state index in [4.69, 9.17) is 0 Å². The Morgan fingerprint density at radius 3 is 2.90 bits per heavy atom. The minimum absolute atomic E-state index is 0.129. The number of hydrogen-bond acceptors (Lipinski definition) is 4. The van der Waals surface area contributed by atoms with Crippen LogP contribution in [0.2, 0.25) is 0 Å². The number of hydrogen-bond donors (Lipinski definition) is 3. The molecule has 1 heterocycles. The van der Waals surface area contributed by atoms with E-state index in [0.29, 0.717) is 18.5 Å². The molecule has 1 aromatic rings. The van der Waals surface area contributed by atoms with Gasteiger partial charge >= 0.3 is 0 Å². The van der Waals surface area contributed by atoms with Crippen molar-refractivity contribution in [1.29, 1.82) is 0 Å². The molecule has 0 spiro atoms. The van der Waals surface area contributed by atoms with Crippen molar-refractivity contribution < 1.29 is 17.9 Å².